The number of halogens is 4. The molecule has 0 unspecified atom stereocenters. The Balaban J connectivity index is 2.20. The molecule has 6 nitrogen and oxygen atoms in total. The van der Waals surface area contributed by atoms with Gasteiger partial charge < -0.3 is 18.9 Å². The van der Waals surface area contributed by atoms with Gasteiger partial charge in [0.05, 0.1) is 57.2 Å². The van der Waals surface area contributed by atoms with Crippen molar-refractivity contribution in [3.8, 4) is 11.5 Å². The minimum atomic E-state index is -0.372. The molecule has 0 aliphatic heterocycles. The topological polar surface area (TPSA) is 71.1 Å². The second-order valence-electron chi connectivity index (χ2n) is 7.97. The zero-order chi connectivity index (χ0) is 26.2. The van der Waals surface area contributed by atoms with Crippen LogP contribution in [0.25, 0.3) is 0 Å². The Morgan fingerprint density at radius 2 is 1.00 bits per heavy atom. The van der Waals surface area contributed by atoms with E-state index in [1.807, 2.05) is 24.3 Å². The standard InChI is InChI=1S/C25H28Br4O6/c1-5-32-21(30)7-9-34-23-17(26)11-15(12-18(23)27)25(3,4)16-13-19(28)24(20(29)14-16)35-10-8-22(31)33-6-2/h11-14H,5-10H2,1-4H3. The van der Waals surface area contributed by atoms with E-state index in [2.05, 4.69) is 77.6 Å². The molecule has 0 aliphatic rings. The maximum absolute atomic E-state index is 11.6. The summed E-state index contributed by atoms with van der Waals surface area (Å²) < 4.78 is 24.6. The Bertz CT molecular complexity index is 927. The predicted octanol–water partition coefficient (Wildman–Crippen LogP) is 7.73. The zero-order valence-electron chi connectivity index (χ0n) is 20.0. The molecule has 0 aliphatic carbocycles. The van der Waals surface area contributed by atoms with E-state index in [0.717, 1.165) is 29.0 Å². The summed E-state index contributed by atoms with van der Waals surface area (Å²) >= 11 is 14.4. The minimum Gasteiger partial charge on any atom is -0.491 e. The Hall–Kier alpha value is -1.10. The number of carbonyl (C=O) groups is 2. The van der Waals surface area contributed by atoms with Crippen molar-refractivity contribution in [2.45, 2.75) is 46.0 Å². The molecule has 2 aromatic rings. The average Bonchev–Trinajstić information content (AvgIpc) is 2.77. The van der Waals surface area contributed by atoms with Crippen LogP contribution in [0.4, 0.5) is 0 Å². The molecule has 0 saturated heterocycles. The Labute approximate surface area is 239 Å². The lowest BCUT2D eigenvalue weighted by Crippen LogP contribution is -2.19. The van der Waals surface area contributed by atoms with Crippen LogP contribution in [0.2, 0.25) is 0 Å². The van der Waals surface area contributed by atoms with E-state index in [1.165, 1.54) is 0 Å². The molecule has 2 rings (SSSR count). The summed E-state index contributed by atoms with van der Waals surface area (Å²) in [6.45, 7) is 8.93. The Morgan fingerprint density at radius 3 is 1.29 bits per heavy atom. The molecule has 0 fully saturated rings. The molecule has 0 spiro atoms. The molecular weight excluding hydrogens is 716 g/mol. The third kappa shape index (κ3) is 8.47. The van der Waals surface area contributed by atoms with Gasteiger partial charge in [-0.1, -0.05) is 13.8 Å². The molecule has 0 saturated carbocycles. The van der Waals surface area contributed by atoms with Gasteiger partial charge >= 0.3 is 11.9 Å². The third-order valence-electron chi connectivity index (χ3n) is 5.16. The van der Waals surface area contributed by atoms with Crippen LogP contribution >= 0.6 is 63.7 Å². The Morgan fingerprint density at radius 1 is 0.686 bits per heavy atom. The van der Waals surface area contributed by atoms with Gasteiger partial charge in [-0.05, 0) is 113 Å². The monoisotopic (exact) mass is 740 g/mol. The molecule has 0 atom stereocenters. The lowest BCUT2D eigenvalue weighted by molar-refractivity contribution is -0.144. The van der Waals surface area contributed by atoms with Gasteiger partial charge in [0, 0.05) is 5.41 Å². The van der Waals surface area contributed by atoms with Crippen molar-refractivity contribution in [3.05, 3.63) is 53.3 Å². The first-order valence-electron chi connectivity index (χ1n) is 11.1. The number of hydrogen-bond acceptors (Lipinski definition) is 6. The maximum Gasteiger partial charge on any atom is 0.309 e. The lowest BCUT2D eigenvalue weighted by Gasteiger charge is -2.28. The zero-order valence-corrected chi connectivity index (χ0v) is 26.4. The smallest absolute Gasteiger partial charge is 0.309 e. The van der Waals surface area contributed by atoms with Crippen LogP contribution in [0.3, 0.4) is 0 Å². The van der Waals surface area contributed by atoms with E-state index in [-0.39, 0.29) is 43.4 Å². The summed E-state index contributed by atoms with van der Waals surface area (Å²) in [5.74, 6) is 0.673. The number of hydrogen-bond donors (Lipinski definition) is 0. The van der Waals surface area contributed by atoms with E-state index in [4.69, 9.17) is 18.9 Å². The van der Waals surface area contributed by atoms with Crippen molar-refractivity contribution in [1.82, 2.24) is 0 Å². The highest BCUT2D eigenvalue weighted by atomic mass is 79.9. The van der Waals surface area contributed by atoms with Crippen LogP contribution in [-0.4, -0.2) is 38.4 Å². The average molecular weight is 744 g/mol. The van der Waals surface area contributed by atoms with Gasteiger partial charge in [0.25, 0.3) is 0 Å². The number of carbonyl (C=O) groups excluding carboxylic acids is 2. The van der Waals surface area contributed by atoms with Gasteiger partial charge in [-0.25, -0.2) is 0 Å². The first-order valence-corrected chi connectivity index (χ1v) is 14.2. The fourth-order valence-electron chi connectivity index (χ4n) is 3.22. The summed E-state index contributed by atoms with van der Waals surface area (Å²) in [7, 11) is 0. The molecule has 35 heavy (non-hydrogen) atoms. The largest absolute Gasteiger partial charge is 0.491 e. The molecule has 10 heteroatoms. The molecule has 192 valence electrons. The molecule has 0 bridgehead atoms. The summed E-state index contributed by atoms with van der Waals surface area (Å²) in [4.78, 5) is 23.2. The van der Waals surface area contributed by atoms with E-state index in [9.17, 15) is 9.59 Å². The van der Waals surface area contributed by atoms with Crippen LogP contribution in [0, 0.1) is 0 Å². The summed E-state index contributed by atoms with van der Waals surface area (Å²) in [5.41, 5.74) is 1.72. The minimum absolute atomic E-state index is 0.177. The van der Waals surface area contributed by atoms with Crippen molar-refractivity contribution < 1.29 is 28.5 Å². The predicted molar refractivity (Wildman–Crippen MR) is 149 cm³/mol. The van der Waals surface area contributed by atoms with Crippen LogP contribution in [0.15, 0.2) is 42.2 Å². The van der Waals surface area contributed by atoms with Gasteiger partial charge in [0.1, 0.15) is 11.5 Å². The lowest BCUT2D eigenvalue weighted by atomic mass is 9.78. The van der Waals surface area contributed by atoms with Crippen molar-refractivity contribution in [3.63, 3.8) is 0 Å². The molecular formula is C25H28Br4O6. The van der Waals surface area contributed by atoms with Crippen LogP contribution in [0.5, 0.6) is 11.5 Å². The number of benzene rings is 2. The van der Waals surface area contributed by atoms with E-state index >= 15 is 0 Å². The van der Waals surface area contributed by atoms with Gasteiger partial charge in [0.2, 0.25) is 0 Å². The van der Waals surface area contributed by atoms with Crippen molar-refractivity contribution in [2.24, 2.45) is 0 Å². The molecule has 2 aromatic carbocycles. The molecule has 0 aromatic heterocycles. The number of ether oxygens (including phenoxy) is 4. The van der Waals surface area contributed by atoms with E-state index < -0.39 is 0 Å². The highest BCUT2D eigenvalue weighted by Crippen LogP contribution is 2.44. The van der Waals surface area contributed by atoms with Crippen molar-refractivity contribution >= 4 is 75.7 Å². The maximum atomic E-state index is 11.6. The van der Waals surface area contributed by atoms with Crippen molar-refractivity contribution in [1.29, 1.82) is 0 Å². The first-order chi connectivity index (χ1) is 16.5. The first kappa shape index (κ1) is 30.1. The summed E-state index contributed by atoms with van der Waals surface area (Å²) in [6, 6.07) is 8.04. The molecule has 0 N–H and O–H groups in total. The van der Waals surface area contributed by atoms with Crippen LogP contribution in [-0.2, 0) is 24.5 Å². The van der Waals surface area contributed by atoms with Gasteiger partial charge in [-0.2, -0.15) is 0 Å². The Kier molecular flexibility index (Phi) is 12.1. The summed E-state index contributed by atoms with van der Waals surface area (Å²) in [6.07, 6.45) is 0.354. The fourth-order valence-corrected chi connectivity index (χ4v) is 6.05. The van der Waals surface area contributed by atoms with Crippen molar-refractivity contribution in [2.75, 3.05) is 26.4 Å². The second kappa shape index (κ2) is 14.0. The van der Waals surface area contributed by atoms with Gasteiger partial charge in [-0.15, -0.1) is 0 Å². The highest BCUT2D eigenvalue weighted by molar-refractivity contribution is 9.11. The third-order valence-corrected chi connectivity index (χ3v) is 7.51. The quantitative estimate of drug-likeness (QED) is 0.208. The SMILES string of the molecule is CCOC(=O)CCOc1c(Br)cc(C(C)(C)c2cc(Br)c(OCCC(=O)OCC)c(Br)c2)cc1Br. The molecule has 0 radical (unpaired) electrons. The summed E-state index contributed by atoms with van der Waals surface area (Å²) in [5, 5.41) is 0. The van der Waals surface area contributed by atoms with E-state index in [1.54, 1.807) is 13.8 Å². The molecule has 0 heterocycles. The van der Waals surface area contributed by atoms with Crippen LogP contribution < -0.4 is 9.47 Å². The number of esters is 2. The van der Waals surface area contributed by atoms with Gasteiger partial charge in [-0.3, -0.25) is 9.59 Å². The fraction of sp³-hybridized carbons (Fsp3) is 0.440. The highest BCUT2D eigenvalue weighted by Gasteiger charge is 2.27. The number of rotatable bonds is 12. The van der Waals surface area contributed by atoms with Crippen LogP contribution in [0.1, 0.15) is 51.7 Å². The normalized spacial score (nSPS) is 11.2. The van der Waals surface area contributed by atoms with Gasteiger partial charge in [0.15, 0.2) is 0 Å². The molecule has 0 amide bonds. The second-order valence-corrected chi connectivity index (χ2v) is 11.4. The van der Waals surface area contributed by atoms with E-state index in [0.29, 0.717) is 24.7 Å².